The summed E-state index contributed by atoms with van der Waals surface area (Å²) in [6, 6.07) is 7.87. The molecule has 0 saturated heterocycles. The summed E-state index contributed by atoms with van der Waals surface area (Å²) < 4.78 is 5.44. The molecule has 0 spiro atoms. The van der Waals surface area contributed by atoms with Crippen molar-refractivity contribution in [1.82, 2.24) is 0 Å². The number of benzene rings is 1. The topological polar surface area (TPSA) is 9.23 Å². The van der Waals surface area contributed by atoms with Gasteiger partial charge in [0.1, 0.15) is 5.75 Å². The molecule has 0 unspecified atom stereocenters. The standard InChI is InChI=1S/C9H11OSi/c1-2-7-10-8-5-3-4-6-9(8)11/h3-6H,2,7H2,1H3. The van der Waals surface area contributed by atoms with Crippen LogP contribution in [-0.2, 0) is 0 Å². The van der Waals surface area contributed by atoms with Gasteiger partial charge in [-0.2, -0.15) is 0 Å². The maximum absolute atomic E-state index is 5.44. The van der Waals surface area contributed by atoms with Crippen molar-refractivity contribution < 1.29 is 4.74 Å². The minimum atomic E-state index is 0.779. The zero-order valence-electron chi connectivity index (χ0n) is 6.63. The van der Waals surface area contributed by atoms with E-state index in [1.165, 1.54) is 0 Å². The first-order valence-corrected chi connectivity index (χ1v) is 4.28. The van der Waals surface area contributed by atoms with E-state index in [4.69, 9.17) is 4.74 Å². The zero-order valence-corrected chi connectivity index (χ0v) is 7.63. The van der Waals surface area contributed by atoms with E-state index < -0.39 is 0 Å². The average molecular weight is 163 g/mol. The second-order valence-corrected chi connectivity index (χ2v) is 2.88. The Balaban J connectivity index is 2.62. The Bertz CT molecular complexity index is 223. The van der Waals surface area contributed by atoms with Gasteiger partial charge in [-0.3, -0.25) is 0 Å². The number of hydrogen-bond acceptors (Lipinski definition) is 1. The molecule has 0 N–H and O–H groups in total. The van der Waals surface area contributed by atoms with E-state index in [-0.39, 0.29) is 0 Å². The van der Waals surface area contributed by atoms with E-state index in [1.807, 2.05) is 24.3 Å². The van der Waals surface area contributed by atoms with Gasteiger partial charge in [-0.25, -0.2) is 0 Å². The van der Waals surface area contributed by atoms with Crippen LogP contribution in [0.3, 0.4) is 0 Å². The van der Waals surface area contributed by atoms with Crippen molar-refractivity contribution in [2.24, 2.45) is 0 Å². The van der Waals surface area contributed by atoms with Crippen molar-refractivity contribution in [3.05, 3.63) is 24.3 Å². The summed E-state index contributed by atoms with van der Waals surface area (Å²) in [6.07, 6.45) is 1.04. The van der Waals surface area contributed by atoms with Crippen LogP contribution in [0.2, 0.25) is 0 Å². The predicted octanol–water partition coefficient (Wildman–Crippen LogP) is 1.27. The summed E-state index contributed by atoms with van der Waals surface area (Å²) in [6.45, 7) is 2.87. The molecule has 0 aliphatic heterocycles. The molecule has 1 nitrogen and oxygen atoms in total. The van der Waals surface area contributed by atoms with Gasteiger partial charge in [-0.15, -0.1) is 0 Å². The van der Waals surface area contributed by atoms with Gasteiger partial charge >= 0.3 is 0 Å². The maximum Gasteiger partial charge on any atom is 0.117 e. The van der Waals surface area contributed by atoms with Gasteiger partial charge in [0.05, 0.1) is 16.8 Å². The molecule has 0 aliphatic carbocycles. The number of hydrogen-bond donors (Lipinski definition) is 0. The minimum absolute atomic E-state index is 0.779. The fourth-order valence-corrected chi connectivity index (χ4v) is 1.06. The van der Waals surface area contributed by atoms with Crippen molar-refractivity contribution >= 4 is 15.4 Å². The molecule has 0 bridgehead atoms. The lowest BCUT2D eigenvalue weighted by molar-refractivity contribution is 0.320. The van der Waals surface area contributed by atoms with Gasteiger partial charge in [0.2, 0.25) is 0 Å². The first kappa shape index (κ1) is 8.33. The number of para-hydroxylation sites is 1. The van der Waals surface area contributed by atoms with Crippen molar-refractivity contribution in [2.45, 2.75) is 13.3 Å². The van der Waals surface area contributed by atoms with Crippen molar-refractivity contribution in [2.75, 3.05) is 6.61 Å². The first-order valence-electron chi connectivity index (χ1n) is 3.78. The summed E-state index contributed by atoms with van der Waals surface area (Å²) in [7, 11) is 3.45. The molecule has 1 aromatic carbocycles. The molecular formula is C9H11OSi. The molecule has 1 rings (SSSR count). The second kappa shape index (κ2) is 4.19. The lowest BCUT2D eigenvalue weighted by atomic mass is 10.3. The predicted molar refractivity (Wildman–Crippen MR) is 47.6 cm³/mol. The first-order chi connectivity index (χ1) is 5.34. The van der Waals surface area contributed by atoms with Crippen LogP contribution >= 0.6 is 0 Å². The monoisotopic (exact) mass is 163 g/mol. The molecule has 0 saturated carbocycles. The third-order valence-corrected chi connectivity index (χ3v) is 1.76. The van der Waals surface area contributed by atoms with E-state index in [9.17, 15) is 0 Å². The quantitative estimate of drug-likeness (QED) is 0.610. The van der Waals surface area contributed by atoms with E-state index in [0.717, 1.165) is 24.0 Å². The highest BCUT2D eigenvalue weighted by molar-refractivity contribution is 6.34. The third kappa shape index (κ3) is 2.39. The highest BCUT2D eigenvalue weighted by atomic mass is 28.1. The molecule has 0 fully saturated rings. The van der Waals surface area contributed by atoms with Crippen molar-refractivity contribution in [1.29, 1.82) is 0 Å². The fraction of sp³-hybridized carbons (Fsp3) is 0.333. The summed E-state index contributed by atoms with van der Waals surface area (Å²) in [5.74, 6) is 0.922. The van der Waals surface area contributed by atoms with Crippen LogP contribution in [0.5, 0.6) is 5.75 Å². The van der Waals surface area contributed by atoms with Gasteiger partial charge < -0.3 is 4.74 Å². The normalized spacial score (nSPS) is 9.64. The van der Waals surface area contributed by atoms with Gasteiger partial charge in [0.25, 0.3) is 0 Å². The molecule has 0 aromatic heterocycles. The lowest BCUT2D eigenvalue weighted by Crippen LogP contribution is -2.08. The van der Waals surface area contributed by atoms with E-state index in [1.54, 1.807) is 0 Å². The van der Waals surface area contributed by atoms with Crippen LogP contribution in [0.25, 0.3) is 0 Å². The van der Waals surface area contributed by atoms with Crippen LogP contribution in [-0.4, -0.2) is 16.8 Å². The average Bonchev–Trinajstić information content (AvgIpc) is 2.03. The SMILES string of the molecule is CCCOc1ccccc1[Si]. The zero-order chi connectivity index (χ0) is 8.10. The smallest absolute Gasteiger partial charge is 0.117 e. The summed E-state index contributed by atoms with van der Waals surface area (Å²) in [5.41, 5.74) is 0. The summed E-state index contributed by atoms with van der Waals surface area (Å²) >= 11 is 0. The molecule has 3 radical (unpaired) electrons. The molecule has 1 aromatic rings. The van der Waals surface area contributed by atoms with Crippen molar-refractivity contribution in [3.63, 3.8) is 0 Å². The molecule has 0 atom stereocenters. The molecular weight excluding hydrogens is 152 g/mol. The Kier molecular flexibility index (Phi) is 3.17. The van der Waals surface area contributed by atoms with Crippen LogP contribution in [0.15, 0.2) is 24.3 Å². The second-order valence-electron chi connectivity index (χ2n) is 2.34. The third-order valence-electron chi connectivity index (χ3n) is 1.35. The molecule has 57 valence electrons. The summed E-state index contributed by atoms with van der Waals surface area (Å²) in [5, 5.41) is 1.01. The van der Waals surface area contributed by atoms with Crippen LogP contribution in [0, 0.1) is 0 Å². The fourth-order valence-electron chi connectivity index (χ4n) is 0.805. The van der Waals surface area contributed by atoms with Crippen LogP contribution < -0.4 is 9.92 Å². The molecule has 0 heterocycles. The Morgan fingerprint density at radius 1 is 1.36 bits per heavy atom. The molecule has 0 amide bonds. The van der Waals surface area contributed by atoms with Crippen LogP contribution in [0.4, 0.5) is 0 Å². The Hall–Kier alpha value is -0.763. The van der Waals surface area contributed by atoms with E-state index in [2.05, 4.69) is 17.2 Å². The highest BCUT2D eigenvalue weighted by Gasteiger charge is 1.94. The molecule has 0 aliphatic rings. The van der Waals surface area contributed by atoms with Gasteiger partial charge in [0, 0.05) is 0 Å². The number of ether oxygens (including phenoxy) is 1. The Morgan fingerprint density at radius 3 is 2.73 bits per heavy atom. The van der Waals surface area contributed by atoms with Gasteiger partial charge in [-0.1, -0.05) is 25.1 Å². The van der Waals surface area contributed by atoms with E-state index >= 15 is 0 Å². The summed E-state index contributed by atoms with van der Waals surface area (Å²) in [4.78, 5) is 0. The largest absolute Gasteiger partial charge is 0.494 e. The maximum atomic E-state index is 5.44. The highest BCUT2D eigenvalue weighted by Crippen LogP contribution is 2.04. The van der Waals surface area contributed by atoms with Gasteiger partial charge in [0.15, 0.2) is 0 Å². The minimum Gasteiger partial charge on any atom is -0.494 e. The molecule has 2 heteroatoms. The van der Waals surface area contributed by atoms with Gasteiger partial charge in [-0.05, 0) is 17.7 Å². The molecule has 11 heavy (non-hydrogen) atoms. The number of rotatable bonds is 3. The Morgan fingerprint density at radius 2 is 2.09 bits per heavy atom. The van der Waals surface area contributed by atoms with Crippen LogP contribution in [0.1, 0.15) is 13.3 Å². The Labute approximate surface area is 70.8 Å². The van der Waals surface area contributed by atoms with E-state index in [0.29, 0.717) is 0 Å². The van der Waals surface area contributed by atoms with Crippen molar-refractivity contribution in [3.8, 4) is 5.75 Å². The lowest BCUT2D eigenvalue weighted by Gasteiger charge is -2.06.